The molecule has 1 atom stereocenters. The van der Waals surface area contributed by atoms with E-state index in [0.717, 1.165) is 6.07 Å². The summed E-state index contributed by atoms with van der Waals surface area (Å²) in [6, 6.07) is 5.38. The fourth-order valence-corrected chi connectivity index (χ4v) is 2.12. The smallest absolute Gasteiger partial charge is 0.290 e. The van der Waals surface area contributed by atoms with E-state index in [1.807, 2.05) is 0 Å². The van der Waals surface area contributed by atoms with Crippen LogP contribution in [-0.4, -0.2) is 10.8 Å². The maximum absolute atomic E-state index is 12.1. The molecule has 8 heteroatoms. The van der Waals surface area contributed by atoms with Gasteiger partial charge >= 0.3 is 0 Å². The van der Waals surface area contributed by atoms with Crippen molar-refractivity contribution in [3.63, 3.8) is 0 Å². The number of furan rings is 1. The topological polar surface area (TPSA) is 85.4 Å². The first-order valence-electron chi connectivity index (χ1n) is 5.88. The number of halogens is 2. The number of amides is 1. The van der Waals surface area contributed by atoms with Crippen molar-refractivity contribution in [2.45, 2.75) is 13.0 Å². The standard InChI is InChI=1S/C13H10Cl2N2O4/c1-7(11-3-2-4-21-11)16-13(18)8-5-9(14)12(15)10(6-8)17(19)20/h2-7H,1H3,(H,16,18). The maximum Gasteiger partial charge on any atom is 0.290 e. The van der Waals surface area contributed by atoms with Gasteiger partial charge in [-0.2, -0.15) is 0 Å². The normalized spacial score (nSPS) is 12.0. The third-order valence-electron chi connectivity index (χ3n) is 2.79. The zero-order chi connectivity index (χ0) is 15.6. The quantitative estimate of drug-likeness (QED) is 0.679. The Morgan fingerprint density at radius 2 is 2.14 bits per heavy atom. The van der Waals surface area contributed by atoms with Gasteiger partial charge in [-0.3, -0.25) is 14.9 Å². The Bertz CT molecular complexity index is 686. The number of carbonyl (C=O) groups is 1. The second-order valence-electron chi connectivity index (χ2n) is 4.26. The van der Waals surface area contributed by atoms with Crippen LogP contribution in [-0.2, 0) is 0 Å². The number of nitrogens with one attached hydrogen (secondary N) is 1. The lowest BCUT2D eigenvalue weighted by Crippen LogP contribution is -2.26. The summed E-state index contributed by atoms with van der Waals surface area (Å²) in [5, 5.41) is 13.3. The van der Waals surface area contributed by atoms with Crippen molar-refractivity contribution in [3.8, 4) is 0 Å². The first-order valence-corrected chi connectivity index (χ1v) is 6.63. The van der Waals surface area contributed by atoms with Crippen molar-refractivity contribution in [2.75, 3.05) is 0 Å². The summed E-state index contributed by atoms with van der Waals surface area (Å²) in [6.45, 7) is 1.72. The number of hydrogen-bond donors (Lipinski definition) is 1. The number of nitro groups is 1. The number of nitrogens with zero attached hydrogens (tertiary/aromatic N) is 1. The van der Waals surface area contributed by atoms with Gasteiger partial charge in [-0.05, 0) is 25.1 Å². The van der Waals surface area contributed by atoms with E-state index in [2.05, 4.69) is 5.32 Å². The average Bonchev–Trinajstić information content (AvgIpc) is 2.95. The summed E-state index contributed by atoms with van der Waals surface area (Å²) >= 11 is 11.5. The highest BCUT2D eigenvalue weighted by atomic mass is 35.5. The predicted molar refractivity (Wildman–Crippen MR) is 77.7 cm³/mol. The van der Waals surface area contributed by atoms with Crippen molar-refractivity contribution in [3.05, 3.63) is 62.0 Å². The maximum atomic E-state index is 12.1. The first-order chi connectivity index (χ1) is 9.90. The highest BCUT2D eigenvalue weighted by Crippen LogP contribution is 2.33. The van der Waals surface area contributed by atoms with E-state index in [9.17, 15) is 14.9 Å². The Morgan fingerprint density at radius 3 is 2.71 bits per heavy atom. The molecule has 1 heterocycles. The van der Waals surface area contributed by atoms with Crippen LogP contribution in [0.5, 0.6) is 0 Å². The van der Waals surface area contributed by atoms with E-state index in [-0.39, 0.29) is 21.7 Å². The van der Waals surface area contributed by atoms with Gasteiger partial charge in [0.15, 0.2) is 0 Å². The second-order valence-corrected chi connectivity index (χ2v) is 5.04. The summed E-state index contributed by atoms with van der Waals surface area (Å²) in [5.74, 6) is 0.0541. The lowest BCUT2D eigenvalue weighted by molar-refractivity contribution is -0.384. The molecule has 0 aliphatic rings. The van der Waals surface area contributed by atoms with Gasteiger partial charge in [0.2, 0.25) is 0 Å². The minimum atomic E-state index is -0.694. The lowest BCUT2D eigenvalue weighted by Gasteiger charge is -2.11. The van der Waals surface area contributed by atoms with Crippen LogP contribution < -0.4 is 5.32 Å². The van der Waals surface area contributed by atoms with Gasteiger partial charge in [0, 0.05) is 11.6 Å². The summed E-state index contributed by atoms with van der Waals surface area (Å²) in [4.78, 5) is 22.3. The monoisotopic (exact) mass is 328 g/mol. The molecule has 0 fully saturated rings. The van der Waals surface area contributed by atoms with E-state index in [1.54, 1.807) is 19.1 Å². The minimum absolute atomic E-state index is 0.0505. The van der Waals surface area contributed by atoms with Crippen molar-refractivity contribution in [1.29, 1.82) is 0 Å². The molecule has 0 aliphatic carbocycles. The molecule has 1 unspecified atom stereocenters. The zero-order valence-corrected chi connectivity index (χ0v) is 12.3. The number of nitro benzene ring substituents is 1. The zero-order valence-electron chi connectivity index (χ0n) is 10.8. The molecule has 1 aromatic heterocycles. The Morgan fingerprint density at radius 1 is 1.43 bits per heavy atom. The number of benzene rings is 1. The van der Waals surface area contributed by atoms with Crippen LogP contribution in [0.15, 0.2) is 34.9 Å². The average molecular weight is 329 g/mol. The molecule has 0 aliphatic heterocycles. The van der Waals surface area contributed by atoms with Gasteiger partial charge in [0.25, 0.3) is 11.6 Å². The molecule has 6 nitrogen and oxygen atoms in total. The molecular formula is C13H10Cl2N2O4. The minimum Gasteiger partial charge on any atom is -0.467 e. The van der Waals surface area contributed by atoms with Crippen LogP contribution in [0.1, 0.15) is 29.1 Å². The molecule has 110 valence electrons. The van der Waals surface area contributed by atoms with Crippen LogP contribution in [0.3, 0.4) is 0 Å². The van der Waals surface area contributed by atoms with Gasteiger partial charge in [-0.25, -0.2) is 0 Å². The molecule has 0 saturated carbocycles. The van der Waals surface area contributed by atoms with Crippen LogP contribution >= 0.6 is 23.2 Å². The Hall–Kier alpha value is -2.05. The Labute approximate surface area is 129 Å². The first kappa shape index (κ1) is 15.3. The fourth-order valence-electron chi connectivity index (χ4n) is 1.73. The summed E-state index contributed by atoms with van der Waals surface area (Å²) in [5.41, 5.74) is -0.366. The second kappa shape index (κ2) is 6.15. The predicted octanol–water partition coefficient (Wildman–Crippen LogP) is 3.99. The molecule has 0 radical (unpaired) electrons. The van der Waals surface area contributed by atoms with Crippen LogP contribution in [0.4, 0.5) is 5.69 Å². The van der Waals surface area contributed by atoms with Gasteiger partial charge in [-0.15, -0.1) is 0 Å². The molecule has 0 bridgehead atoms. The molecule has 2 rings (SSSR count). The summed E-state index contributed by atoms with van der Waals surface area (Å²) in [6.07, 6.45) is 1.49. The fraction of sp³-hybridized carbons (Fsp3) is 0.154. The molecule has 1 aromatic carbocycles. The Kier molecular flexibility index (Phi) is 4.50. The molecule has 1 amide bonds. The molecule has 2 aromatic rings. The molecule has 0 spiro atoms. The van der Waals surface area contributed by atoms with Gasteiger partial charge in [0.1, 0.15) is 10.8 Å². The third kappa shape index (κ3) is 3.34. The van der Waals surface area contributed by atoms with Crippen molar-refractivity contribution in [1.82, 2.24) is 5.32 Å². The number of hydrogen-bond acceptors (Lipinski definition) is 4. The molecular weight excluding hydrogens is 319 g/mol. The highest BCUT2D eigenvalue weighted by Gasteiger charge is 2.21. The van der Waals surface area contributed by atoms with Gasteiger partial charge < -0.3 is 9.73 Å². The van der Waals surface area contributed by atoms with E-state index < -0.39 is 16.5 Å². The lowest BCUT2D eigenvalue weighted by atomic mass is 10.1. The summed E-state index contributed by atoms with van der Waals surface area (Å²) < 4.78 is 5.17. The van der Waals surface area contributed by atoms with Crippen molar-refractivity contribution >= 4 is 34.8 Å². The Balaban J connectivity index is 2.25. The highest BCUT2D eigenvalue weighted by molar-refractivity contribution is 6.43. The van der Waals surface area contributed by atoms with E-state index in [0.29, 0.717) is 5.76 Å². The summed E-state index contributed by atoms with van der Waals surface area (Å²) in [7, 11) is 0. The van der Waals surface area contributed by atoms with Gasteiger partial charge in [0.05, 0.1) is 22.3 Å². The van der Waals surface area contributed by atoms with E-state index in [1.165, 1.54) is 12.3 Å². The molecule has 0 saturated heterocycles. The van der Waals surface area contributed by atoms with Crippen molar-refractivity contribution < 1.29 is 14.1 Å². The van der Waals surface area contributed by atoms with Crippen LogP contribution in [0, 0.1) is 10.1 Å². The number of carbonyl (C=O) groups excluding carboxylic acids is 1. The third-order valence-corrected chi connectivity index (χ3v) is 3.58. The SMILES string of the molecule is CC(NC(=O)c1cc(Cl)c(Cl)c([N+](=O)[O-])c1)c1ccco1. The number of rotatable bonds is 4. The van der Waals surface area contributed by atoms with Crippen LogP contribution in [0.25, 0.3) is 0 Å². The van der Waals surface area contributed by atoms with E-state index in [4.69, 9.17) is 27.6 Å². The van der Waals surface area contributed by atoms with Crippen molar-refractivity contribution in [2.24, 2.45) is 0 Å². The molecule has 21 heavy (non-hydrogen) atoms. The van der Waals surface area contributed by atoms with Gasteiger partial charge in [-0.1, -0.05) is 23.2 Å². The van der Waals surface area contributed by atoms with Crippen LogP contribution in [0.2, 0.25) is 10.0 Å². The van der Waals surface area contributed by atoms with E-state index >= 15 is 0 Å². The largest absolute Gasteiger partial charge is 0.467 e. The molecule has 1 N–H and O–H groups in total.